The van der Waals surface area contributed by atoms with Crippen molar-refractivity contribution in [2.24, 2.45) is 4.40 Å². The summed E-state index contributed by atoms with van der Waals surface area (Å²) in [7, 11) is -3.91. The third-order valence-corrected chi connectivity index (χ3v) is 6.57. The van der Waals surface area contributed by atoms with Gasteiger partial charge in [-0.2, -0.15) is 8.42 Å². The van der Waals surface area contributed by atoms with Crippen LogP contribution in [0.25, 0.3) is 10.9 Å². The van der Waals surface area contributed by atoms with Crippen LogP contribution in [0.15, 0.2) is 62.6 Å². The number of nitrogens with one attached hydrogen (secondary N) is 2. The number of amides is 1. The number of sulfonamides is 1. The molecule has 0 radical (unpaired) electrons. The Kier molecular flexibility index (Phi) is 5.70. The van der Waals surface area contributed by atoms with Crippen molar-refractivity contribution in [3.05, 3.63) is 64.4 Å². The molecule has 0 fully saturated rings. The van der Waals surface area contributed by atoms with E-state index in [0.717, 1.165) is 12.8 Å². The number of fused-ring (bicyclic) bond motifs is 2. The average Bonchev–Trinajstić information content (AvgIpc) is 2.77. The smallest absolute Gasteiger partial charge is 0.286 e. The van der Waals surface area contributed by atoms with E-state index in [-0.39, 0.29) is 22.8 Å². The fraction of sp³-hybridized carbons (Fsp3) is 0.227. The van der Waals surface area contributed by atoms with Crippen LogP contribution in [0.2, 0.25) is 0 Å². The SMILES string of the molecule is CCCCn1c(=O)c(C(=O)NCC2=NS(=O)(=O)c3ccccc3N2)c(O)c2ccccc21. The molecule has 9 nitrogen and oxygen atoms in total. The number of anilines is 1. The summed E-state index contributed by atoms with van der Waals surface area (Å²) in [4.78, 5) is 26.0. The second kappa shape index (κ2) is 8.46. The van der Waals surface area contributed by atoms with Crippen molar-refractivity contribution in [1.82, 2.24) is 9.88 Å². The minimum Gasteiger partial charge on any atom is -0.506 e. The summed E-state index contributed by atoms with van der Waals surface area (Å²) >= 11 is 0. The van der Waals surface area contributed by atoms with Crippen LogP contribution in [0.1, 0.15) is 30.1 Å². The molecule has 1 aliphatic heterocycles. The van der Waals surface area contributed by atoms with Crippen molar-refractivity contribution in [3.63, 3.8) is 0 Å². The molecular formula is C22H22N4O5S. The molecule has 3 N–H and O–H groups in total. The number of aromatic hydroxyl groups is 1. The van der Waals surface area contributed by atoms with Crippen molar-refractivity contribution >= 4 is 38.4 Å². The van der Waals surface area contributed by atoms with Crippen LogP contribution in [0, 0.1) is 0 Å². The Morgan fingerprint density at radius 2 is 1.88 bits per heavy atom. The van der Waals surface area contributed by atoms with Gasteiger partial charge in [-0.15, -0.1) is 4.40 Å². The van der Waals surface area contributed by atoms with Gasteiger partial charge < -0.3 is 20.3 Å². The molecule has 2 heterocycles. The Balaban J connectivity index is 1.65. The van der Waals surface area contributed by atoms with Crippen molar-refractivity contribution in [1.29, 1.82) is 0 Å². The van der Waals surface area contributed by atoms with Crippen molar-refractivity contribution in [2.45, 2.75) is 31.2 Å². The standard InChI is InChI=1S/C22H22N4O5S/c1-2-3-12-26-16-10-6-4-8-14(16)20(27)19(22(26)29)21(28)23-13-18-24-15-9-5-7-11-17(15)32(30,31)25-18/h4-11,27H,2-3,12-13H2,1H3,(H,23,28)(H,24,25). The van der Waals surface area contributed by atoms with Crippen LogP contribution in [-0.2, 0) is 16.6 Å². The third kappa shape index (κ3) is 3.84. The Hall–Kier alpha value is -3.66. The second-order valence-electron chi connectivity index (χ2n) is 7.37. The molecule has 0 saturated carbocycles. The molecule has 4 rings (SSSR count). The normalized spacial score (nSPS) is 14.3. The lowest BCUT2D eigenvalue weighted by Gasteiger charge is -2.18. The molecule has 1 amide bonds. The minimum absolute atomic E-state index is 0.00337. The first-order chi connectivity index (χ1) is 15.3. The molecule has 1 aliphatic rings. The topological polar surface area (TPSA) is 130 Å². The van der Waals surface area contributed by atoms with Gasteiger partial charge in [0.15, 0.2) is 0 Å². The molecule has 166 valence electrons. The molecule has 10 heteroatoms. The molecule has 0 atom stereocenters. The van der Waals surface area contributed by atoms with E-state index in [4.69, 9.17) is 0 Å². The van der Waals surface area contributed by atoms with Crippen molar-refractivity contribution < 1.29 is 18.3 Å². The number of unbranched alkanes of at least 4 members (excludes halogenated alkanes) is 1. The number of benzene rings is 2. The lowest BCUT2D eigenvalue weighted by Crippen LogP contribution is -2.38. The lowest BCUT2D eigenvalue weighted by atomic mass is 10.1. The summed E-state index contributed by atoms with van der Waals surface area (Å²) in [6, 6.07) is 13.1. The zero-order valence-corrected chi connectivity index (χ0v) is 18.1. The highest BCUT2D eigenvalue weighted by Crippen LogP contribution is 2.27. The van der Waals surface area contributed by atoms with E-state index in [9.17, 15) is 23.1 Å². The zero-order valence-electron chi connectivity index (χ0n) is 17.3. The summed E-state index contributed by atoms with van der Waals surface area (Å²) in [6.07, 6.45) is 1.58. The monoisotopic (exact) mass is 454 g/mol. The van der Waals surface area contributed by atoms with E-state index in [2.05, 4.69) is 15.0 Å². The fourth-order valence-corrected chi connectivity index (χ4v) is 4.77. The minimum atomic E-state index is -3.91. The van der Waals surface area contributed by atoms with Gasteiger partial charge in [0.2, 0.25) is 0 Å². The first kappa shape index (κ1) is 21.6. The number of carbonyl (C=O) groups is 1. The van der Waals surface area contributed by atoms with Crippen molar-refractivity contribution in [3.8, 4) is 5.75 Å². The van der Waals surface area contributed by atoms with E-state index >= 15 is 0 Å². The number of aryl methyl sites for hydroxylation is 1. The summed E-state index contributed by atoms with van der Waals surface area (Å²) in [5.74, 6) is -1.22. The molecule has 0 spiro atoms. The first-order valence-electron chi connectivity index (χ1n) is 10.2. The average molecular weight is 455 g/mol. The van der Waals surface area contributed by atoms with Crippen LogP contribution in [0.5, 0.6) is 5.75 Å². The number of amidine groups is 1. The van der Waals surface area contributed by atoms with Gasteiger partial charge in [0.05, 0.1) is 17.7 Å². The molecule has 32 heavy (non-hydrogen) atoms. The van der Waals surface area contributed by atoms with Gasteiger partial charge in [-0.25, -0.2) is 0 Å². The molecule has 3 aromatic rings. The number of rotatable bonds is 6. The summed E-state index contributed by atoms with van der Waals surface area (Å²) < 4.78 is 29.9. The van der Waals surface area contributed by atoms with Gasteiger partial charge in [-0.1, -0.05) is 37.6 Å². The van der Waals surface area contributed by atoms with Crippen LogP contribution in [0.3, 0.4) is 0 Å². The Morgan fingerprint density at radius 3 is 2.66 bits per heavy atom. The van der Waals surface area contributed by atoms with E-state index < -0.39 is 27.2 Å². The van der Waals surface area contributed by atoms with Gasteiger partial charge in [0.1, 0.15) is 22.0 Å². The van der Waals surface area contributed by atoms with Crippen molar-refractivity contribution in [2.75, 3.05) is 11.9 Å². The number of nitrogens with zero attached hydrogens (tertiary/aromatic N) is 2. The molecule has 0 aliphatic carbocycles. The third-order valence-electron chi connectivity index (χ3n) is 5.20. The van der Waals surface area contributed by atoms with E-state index in [1.54, 1.807) is 42.5 Å². The largest absolute Gasteiger partial charge is 0.506 e. The number of carbonyl (C=O) groups excluding carboxylic acids is 1. The van der Waals surface area contributed by atoms with Gasteiger partial charge in [0.25, 0.3) is 21.5 Å². The lowest BCUT2D eigenvalue weighted by molar-refractivity contribution is 0.0954. The molecular weight excluding hydrogens is 432 g/mol. The highest BCUT2D eigenvalue weighted by molar-refractivity contribution is 7.90. The Morgan fingerprint density at radius 1 is 1.16 bits per heavy atom. The maximum Gasteiger partial charge on any atom is 0.286 e. The molecule has 2 aromatic carbocycles. The highest BCUT2D eigenvalue weighted by atomic mass is 32.2. The van der Waals surface area contributed by atoms with Gasteiger partial charge in [0, 0.05) is 11.9 Å². The number of pyridine rings is 1. The second-order valence-corrected chi connectivity index (χ2v) is 8.94. The zero-order chi connectivity index (χ0) is 22.9. The highest BCUT2D eigenvalue weighted by Gasteiger charge is 2.26. The number of para-hydroxylation sites is 2. The quantitative estimate of drug-likeness (QED) is 0.525. The maximum atomic E-state index is 13.1. The van der Waals surface area contributed by atoms with Crippen LogP contribution in [-0.4, -0.2) is 36.4 Å². The van der Waals surface area contributed by atoms with E-state index in [1.807, 2.05) is 6.92 Å². The Bertz CT molecular complexity index is 1410. The number of hydrogen-bond donors (Lipinski definition) is 3. The predicted octanol–water partition coefficient (Wildman–Crippen LogP) is 2.45. The van der Waals surface area contributed by atoms with Gasteiger partial charge >= 0.3 is 0 Å². The predicted molar refractivity (Wildman–Crippen MR) is 122 cm³/mol. The molecule has 1 aromatic heterocycles. The van der Waals surface area contributed by atoms with Gasteiger partial charge in [-0.05, 0) is 30.7 Å². The summed E-state index contributed by atoms with van der Waals surface area (Å²) in [5, 5.41) is 16.4. The summed E-state index contributed by atoms with van der Waals surface area (Å²) in [5.41, 5.74) is -0.105. The molecule has 0 unspecified atom stereocenters. The fourth-order valence-electron chi connectivity index (χ4n) is 3.63. The van der Waals surface area contributed by atoms with Crippen LogP contribution in [0.4, 0.5) is 5.69 Å². The molecule has 0 bridgehead atoms. The number of hydrogen-bond acceptors (Lipinski definition) is 6. The van der Waals surface area contributed by atoms with E-state index in [0.29, 0.717) is 23.1 Å². The molecule has 0 saturated heterocycles. The van der Waals surface area contributed by atoms with E-state index in [1.165, 1.54) is 10.6 Å². The summed E-state index contributed by atoms with van der Waals surface area (Å²) in [6.45, 7) is 2.12. The van der Waals surface area contributed by atoms with Crippen LogP contribution >= 0.6 is 0 Å². The Labute approximate surface area is 184 Å². The maximum absolute atomic E-state index is 13.1. The van der Waals surface area contributed by atoms with Crippen LogP contribution < -0.4 is 16.2 Å². The van der Waals surface area contributed by atoms with Gasteiger partial charge in [-0.3, -0.25) is 9.59 Å². The number of aromatic nitrogens is 1. The first-order valence-corrected chi connectivity index (χ1v) is 11.6.